The van der Waals surface area contributed by atoms with E-state index < -0.39 is 0 Å². The Labute approximate surface area is 71.2 Å². The molecule has 0 N–H and O–H groups in total. The second-order valence-corrected chi connectivity index (χ2v) is 3.37. The van der Waals surface area contributed by atoms with Gasteiger partial charge in [0.2, 0.25) is 0 Å². The number of methoxy groups -OCH3 is 1. The van der Waals surface area contributed by atoms with Crippen LogP contribution in [-0.2, 0) is 9.53 Å². The minimum Gasteiger partial charge on any atom is -0.468 e. The van der Waals surface area contributed by atoms with Crippen molar-refractivity contribution in [3.8, 4) is 0 Å². The van der Waals surface area contributed by atoms with Crippen LogP contribution in [0.4, 0.5) is 0 Å². The van der Waals surface area contributed by atoms with Crippen LogP contribution in [-0.4, -0.2) is 23.2 Å². The maximum absolute atomic E-state index is 10.6. The van der Waals surface area contributed by atoms with E-state index in [-0.39, 0.29) is 10.8 Å². The molecule has 0 saturated heterocycles. The van der Waals surface area contributed by atoms with Gasteiger partial charge in [0.15, 0.2) is 0 Å². The molecule has 0 aromatic heterocycles. The van der Waals surface area contributed by atoms with Crippen molar-refractivity contribution in [3.63, 3.8) is 0 Å². The number of ether oxygens (including phenoxy) is 1. The summed E-state index contributed by atoms with van der Waals surface area (Å²) in [5, 5.41) is 0.804. The molecule has 9 heavy (non-hydrogen) atoms. The van der Waals surface area contributed by atoms with Gasteiger partial charge in [-0.1, -0.05) is 31.9 Å². The zero-order chi connectivity index (χ0) is 7.28. The molecule has 0 aromatic rings. The van der Waals surface area contributed by atoms with Crippen LogP contribution < -0.4 is 0 Å². The number of hydrogen-bond acceptors (Lipinski definition) is 2. The summed E-state index contributed by atoms with van der Waals surface area (Å²) >= 11 is 6.37. The first-order valence-corrected chi connectivity index (χ1v) is 4.54. The molecular formula is C5H8Br2O2. The third kappa shape index (κ3) is 3.92. The molecular weight excluding hydrogens is 252 g/mol. The fourth-order valence-electron chi connectivity index (χ4n) is 0.342. The summed E-state index contributed by atoms with van der Waals surface area (Å²) in [5.41, 5.74) is 0. The molecule has 0 rings (SSSR count). The van der Waals surface area contributed by atoms with Crippen molar-refractivity contribution in [3.05, 3.63) is 0 Å². The molecule has 1 atom stereocenters. The topological polar surface area (TPSA) is 26.3 Å². The second-order valence-electron chi connectivity index (χ2n) is 1.47. The summed E-state index contributed by atoms with van der Waals surface area (Å²) in [6.07, 6.45) is 0.757. The molecule has 54 valence electrons. The number of hydrogen-bond donors (Lipinski definition) is 0. The first-order valence-electron chi connectivity index (χ1n) is 2.50. The molecule has 2 nitrogen and oxygen atoms in total. The van der Waals surface area contributed by atoms with E-state index in [4.69, 9.17) is 0 Å². The van der Waals surface area contributed by atoms with E-state index in [1.165, 1.54) is 7.11 Å². The fraction of sp³-hybridized carbons (Fsp3) is 0.800. The van der Waals surface area contributed by atoms with E-state index in [9.17, 15) is 4.79 Å². The molecule has 0 spiro atoms. The van der Waals surface area contributed by atoms with Crippen LogP contribution in [0.2, 0.25) is 0 Å². The van der Waals surface area contributed by atoms with Gasteiger partial charge in [-0.2, -0.15) is 0 Å². The van der Waals surface area contributed by atoms with Gasteiger partial charge in [0.05, 0.1) is 7.11 Å². The Morgan fingerprint density at radius 3 is 2.67 bits per heavy atom. The third-order valence-electron chi connectivity index (χ3n) is 0.819. The normalized spacial score (nSPS) is 12.8. The van der Waals surface area contributed by atoms with Crippen LogP contribution in [0.5, 0.6) is 0 Å². The summed E-state index contributed by atoms with van der Waals surface area (Å²) in [6.45, 7) is 0. The zero-order valence-corrected chi connectivity index (χ0v) is 8.24. The lowest BCUT2D eigenvalue weighted by atomic mass is 10.3. The van der Waals surface area contributed by atoms with Crippen molar-refractivity contribution in [2.45, 2.75) is 11.2 Å². The van der Waals surface area contributed by atoms with E-state index in [2.05, 4.69) is 36.6 Å². The first kappa shape index (κ1) is 9.43. The highest BCUT2D eigenvalue weighted by molar-refractivity contribution is 9.10. The average molecular weight is 260 g/mol. The van der Waals surface area contributed by atoms with E-state index >= 15 is 0 Å². The van der Waals surface area contributed by atoms with Gasteiger partial charge >= 0.3 is 5.97 Å². The molecule has 0 aliphatic rings. The summed E-state index contributed by atoms with van der Waals surface area (Å²) in [4.78, 5) is 10.4. The first-order chi connectivity index (χ1) is 4.22. The van der Waals surface area contributed by atoms with Crippen molar-refractivity contribution in [1.82, 2.24) is 0 Å². The van der Waals surface area contributed by atoms with Gasteiger partial charge in [-0.05, 0) is 6.42 Å². The van der Waals surface area contributed by atoms with Gasteiger partial charge in [0.25, 0.3) is 0 Å². The Morgan fingerprint density at radius 1 is 1.78 bits per heavy atom. The van der Waals surface area contributed by atoms with Crippen molar-refractivity contribution < 1.29 is 9.53 Å². The summed E-state index contributed by atoms with van der Waals surface area (Å²) in [5.74, 6) is -0.213. The average Bonchev–Trinajstić information content (AvgIpc) is 1.87. The molecule has 0 amide bonds. The molecule has 0 aromatic carbocycles. The third-order valence-corrected chi connectivity index (χ3v) is 2.11. The maximum atomic E-state index is 10.6. The number of esters is 1. The van der Waals surface area contributed by atoms with Gasteiger partial charge in [-0.25, -0.2) is 0 Å². The number of carbonyl (C=O) groups is 1. The van der Waals surface area contributed by atoms with Gasteiger partial charge in [0, 0.05) is 5.33 Å². The summed E-state index contributed by atoms with van der Waals surface area (Å²) < 4.78 is 4.46. The zero-order valence-electron chi connectivity index (χ0n) is 5.06. The SMILES string of the molecule is COC(=O)[C@@H](Br)CCBr. The van der Waals surface area contributed by atoms with E-state index in [0.29, 0.717) is 0 Å². The number of carbonyl (C=O) groups excluding carboxylic acids is 1. The van der Waals surface area contributed by atoms with Crippen molar-refractivity contribution >= 4 is 37.8 Å². The van der Waals surface area contributed by atoms with Crippen LogP contribution >= 0.6 is 31.9 Å². The lowest BCUT2D eigenvalue weighted by Gasteiger charge is -2.02. The van der Waals surface area contributed by atoms with Gasteiger partial charge in [-0.3, -0.25) is 4.79 Å². The highest BCUT2D eigenvalue weighted by Crippen LogP contribution is 2.07. The molecule has 0 heterocycles. The maximum Gasteiger partial charge on any atom is 0.319 e. The number of halogens is 2. The fourth-order valence-corrected chi connectivity index (χ4v) is 1.83. The van der Waals surface area contributed by atoms with E-state index in [1.54, 1.807) is 0 Å². The largest absolute Gasteiger partial charge is 0.468 e. The smallest absolute Gasteiger partial charge is 0.319 e. The lowest BCUT2D eigenvalue weighted by Crippen LogP contribution is -2.15. The Hall–Kier alpha value is 0.430. The predicted molar refractivity (Wildman–Crippen MR) is 43.1 cm³/mol. The predicted octanol–water partition coefficient (Wildman–Crippen LogP) is 1.71. The van der Waals surface area contributed by atoms with Gasteiger partial charge < -0.3 is 4.74 Å². The van der Waals surface area contributed by atoms with Crippen molar-refractivity contribution in [2.75, 3.05) is 12.4 Å². The van der Waals surface area contributed by atoms with Crippen LogP contribution in [0.1, 0.15) is 6.42 Å². The Bertz CT molecular complexity index is 95.0. The highest BCUT2D eigenvalue weighted by Gasteiger charge is 2.12. The van der Waals surface area contributed by atoms with Crippen LogP contribution in [0.15, 0.2) is 0 Å². The number of alkyl halides is 2. The van der Waals surface area contributed by atoms with Crippen LogP contribution in [0, 0.1) is 0 Å². The molecule has 4 heteroatoms. The Morgan fingerprint density at radius 2 is 2.33 bits per heavy atom. The highest BCUT2D eigenvalue weighted by atomic mass is 79.9. The quantitative estimate of drug-likeness (QED) is 0.570. The molecule has 0 aliphatic heterocycles. The Kier molecular flexibility index (Phi) is 5.48. The summed E-state index contributed by atoms with van der Waals surface area (Å²) in [6, 6.07) is 0. The molecule has 0 unspecified atom stereocenters. The minimum atomic E-state index is -0.213. The lowest BCUT2D eigenvalue weighted by molar-refractivity contribution is -0.139. The monoisotopic (exact) mass is 258 g/mol. The molecule has 0 bridgehead atoms. The molecule has 0 radical (unpaired) electrons. The van der Waals surface area contributed by atoms with Crippen molar-refractivity contribution in [1.29, 1.82) is 0 Å². The second kappa shape index (κ2) is 5.23. The van der Waals surface area contributed by atoms with E-state index in [0.717, 1.165) is 11.8 Å². The summed E-state index contributed by atoms with van der Waals surface area (Å²) in [7, 11) is 1.38. The minimum absolute atomic E-state index is 0.165. The van der Waals surface area contributed by atoms with E-state index in [1.807, 2.05) is 0 Å². The standard InChI is InChI=1S/C5H8Br2O2/c1-9-5(8)4(7)2-3-6/h4H,2-3H2,1H3/t4-/m0/s1. The Balaban J connectivity index is 3.45. The van der Waals surface area contributed by atoms with Crippen molar-refractivity contribution in [2.24, 2.45) is 0 Å². The van der Waals surface area contributed by atoms with Gasteiger partial charge in [0.1, 0.15) is 4.83 Å². The molecule has 0 fully saturated rings. The molecule has 0 saturated carbocycles. The molecule has 0 aliphatic carbocycles. The van der Waals surface area contributed by atoms with Crippen LogP contribution in [0.3, 0.4) is 0 Å². The van der Waals surface area contributed by atoms with Gasteiger partial charge in [-0.15, -0.1) is 0 Å². The number of rotatable bonds is 3. The van der Waals surface area contributed by atoms with Crippen LogP contribution in [0.25, 0.3) is 0 Å².